The van der Waals surface area contributed by atoms with E-state index in [4.69, 9.17) is 16.6 Å². The van der Waals surface area contributed by atoms with Gasteiger partial charge in [-0.05, 0) is 60.2 Å². The Morgan fingerprint density at radius 3 is 2.25 bits per heavy atom. The standard InChI is InChI=1S/C31H22ClN3O/c32-24-15-17-25(18-16-24)35-30(33-28-12-6-4-11-27(28)31(35)36)19-14-23-21-34(20-22-8-2-1-3-9-22)29-13-7-5-10-26(23)29/h1-19,21H,20H2/b19-14+. The molecular formula is C31H22ClN3O. The monoisotopic (exact) mass is 487 g/mol. The quantitative estimate of drug-likeness (QED) is 0.257. The highest BCUT2D eigenvalue weighted by molar-refractivity contribution is 6.30. The number of hydrogen-bond donors (Lipinski definition) is 0. The molecule has 0 atom stereocenters. The first-order valence-corrected chi connectivity index (χ1v) is 12.1. The van der Waals surface area contributed by atoms with Gasteiger partial charge in [-0.15, -0.1) is 0 Å². The maximum Gasteiger partial charge on any atom is 0.266 e. The van der Waals surface area contributed by atoms with E-state index in [2.05, 4.69) is 53.2 Å². The number of nitrogens with zero attached hydrogens (tertiary/aromatic N) is 3. The topological polar surface area (TPSA) is 39.8 Å². The van der Waals surface area contributed by atoms with E-state index in [1.807, 2.05) is 60.7 Å². The van der Waals surface area contributed by atoms with Crippen molar-refractivity contribution >= 4 is 45.6 Å². The fraction of sp³-hybridized carbons (Fsp3) is 0.0323. The summed E-state index contributed by atoms with van der Waals surface area (Å²) in [6.07, 6.45) is 6.10. The second kappa shape index (κ2) is 9.33. The Labute approximate surface area is 213 Å². The molecule has 5 heteroatoms. The fourth-order valence-corrected chi connectivity index (χ4v) is 4.71. The predicted molar refractivity (Wildman–Crippen MR) is 149 cm³/mol. The minimum absolute atomic E-state index is 0.117. The minimum Gasteiger partial charge on any atom is -0.342 e. The average molecular weight is 488 g/mol. The number of halogens is 1. The molecule has 0 aliphatic heterocycles. The lowest BCUT2D eigenvalue weighted by Gasteiger charge is -2.11. The average Bonchev–Trinajstić information content (AvgIpc) is 3.26. The number of para-hydroxylation sites is 2. The Hall–Kier alpha value is -4.41. The number of benzene rings is 4. The zero-order chi connectivity index (χ0) is 24.5. The van der Waals surface area contributed by atoms with Crippen LogP contribution in [0.4, 0.5) is 0 Å². The van der Waals surface area contributed by atoms with Crippen LogP contribution in [0.1, 0.15) is 17.0 Å². The molecule has 0 amide bonds. The van der Waals surface area contributed by atoms with Crippen LogP contribution in [0.5, 0.6) is 0 Å². The summed E-state index contributed by atoms with van der Waals surface area (Å²) < 4.78 is 3.89. The van der Waals surface area contributed by atoms with Crippen molar-refractivity contribution in [3.05, 3.63) is 142 Å². The maximum atomic E-state index is 13.5. The van der Waals surface area contributed by atoms with Crippen LogP contribution in [0.25, 0.3) is 39.6 Å². The van der Waals surface area contributed by atoms with Gasteiger partial charge in [0.25, 0.3) is 5.56 Å². The van der Waals surface area contributed by atoms with E-state index in [0.717, 1.165) is 23.0 Å². The molecule has 0 saturated heterocycles. The SMILES string of the molecule is O=c1c2ccccc2nc(/C=C/c2cn(Cc3ccccc3)c3ccccc23)n1-c1ccc(Cl)cc1. The van der Waals surface area contributed by atoms with Gasteiger partial charge < -0.3 is 4.57 Å². The molecule has 0 fully saturated rings. The lowest BCUT2D eigenvalue weighted by Crippen LogP contribution is -2.22. The van der Waals surface area contributed by atoms with Crippen LogP contribution in [-0.4, -0.2) is 14.1 Å². The van der Waals surface area contributed by atoms with Crippen LogP contribution in [0.15, 0.2) is 114 Å². The van der Waals surface area contributed by atoms with E-state index < -0.39 is 0 Å². The van der Waals surface area contributed by atoms with Gasteiger partial charge in [-0.25, -0.2) is 4.98 Å². The van der Waals surface area contributed by atoms with Crippen LogP contribution in [0.2, 0.25) is 5.02 Å². The van der Waals surface area contributed by atoms with Crippen molar-refractivity contribution in [2.45, 2.75) is 6.54 Å². The van der Waals surface area contributed by atoms with Crippen molar-refractivity contribution in [2.75, 3.05) is 0 Å². The Kier molecular flexibility index (Phi) is 5.72. The fourth-order valence-electron chi connectivity index (χ4n) is 4.58. The summed E-state index contributed by atoms with van der Waals surface area (Å²) in [5.41, 5.74) is 4.72. The highest BCUT2D eigenvalue weighted by Gasteiger charge is 2.12. The molecule has 0 spiro atoms. The molecule has 0 aliphatic rings. The third-order valence-electron chi connectivity index (χ3n) is 6.31. The van der Waals surface area contributed by atoms with Crippen molar-refractivity contribution < 1.29 is 0 Å². The normalized spacial score (nSPS) is 11.6. The smallest absolute Gasteiger partial charge is 0.266 e. The van der Waals surface area contributed by atoms with Gasteiger partial charge >= 0.3 is 0 Å². The van der Waals surface area contributed by atoms with Crippen LogP contribution in [0.3, 0.4) is 0 Å². The van der Waals surface area contributed by atoms with Crippen LogP contribution >= 0.6 is 11.6 Å². The molecule has 4 nitrogen and oxygen atoms in total. The number of aromatic nitrogens is 3. The van der Waals surface area contributed by atoms with Gasteiger partial charge in [0.15, 0.2) is 0 Å². The van der Waals surface area contributed by atoms with Gasteiger partial charge in [0.2, 0.25) is 0 Å². The number of fused-ring (bicyclic) bond motifs is 2. The second-order valence-corrected chi connectivity index (χ2v) is 9.09. The molecule has 36 heavy (non-hydrogen) atoms. The van der Waals surface area contributed by atoms with Crippen LogP contribution in [0, 0.1) is 0 Å². The summed E-state index contributed by atoms with van der Waals surface area (Å²) in [4.78, 5) is 18.4. The Bertz CT molecular complexity index is 1780. The van der Waals surface area contributed by atoms with Gasteiger partial charge in [-0.1, -0.05) is 72.3 Å². The Balaban J connectivity index is 1.49. The largest absolute Gasteiger partial charge is 0.342 e. The van der Waals surface area contributed by atoms with Gasteiger partial charge in [-0.2, -0.15) is 0 Å². The molecule has 2 heterocycles. The van der Waals surface area contributed by atoms with Crippen molar-refractivity contribution in [2.24, 2.45) is 0 Å². The number of hydrogen-bond acceptors (Lipinski definition) is 2. The van der Waals surface area contributed by atoms with Crippen molar-refractivity contribution in [1.29, 1.82) is 0 Å². The van der Waals surface area contributed by atoms with Gasteiger partial charge in [0.1, 0.15) is 5.82 Å². The molecule has 6 aromatic rings. The molecule has 0 saturated carbocycles. The highest BCUT2D eigenvalue weighted by atomic mass is 35.5. The van der Waals surface area contributed by atoms with Gasteiger partial charge in [-0.3, -0.25) is 9.36 Å². The van der Waals surface area contributed by atoms with Gasteiger partial charge in [0.05, 0.1) is 16.6 Å². The Morgan fingerprint density at radius 1 is 0.750 bits per heavy atom. The Morgan fingerprint density at radius 2 is 1.44 bits per heavy atom. The van der Waals surface area contributed by atoms with Gasteiger partial charge in [0, 0.05) is 34.2 Å². The van der Waals surface area contributed by atoms with Crippen molar-refractivity contribution in [3.8, 4) is 5.69 Å². The minimum atomic E-state index is -0.117. The molecule has 0 aliphatic carbocycles. The van der Waals surface area contributed by atoms with Crippen LogP contribution < -0.4 is 5.56 Å². The first-order valence-electron chi connectivity index (χ1n) is 11.7. The van der Waals surface area contributed by atoms with Crippen molar-refractivity contribution in [1.82, 2.24) is 14.1 Å². The molecule has 0 unspecified atom stereocenters. The summed E-state index contributed by atoms with van der Waals surface area (Å²) in [5.74, 6) is 0.556. The van der Waals surface area contributed by atoms with E-state index in [1.54, 1.807) is 16.7 Å². The molecule has 0 bridgehead atoms. The summed E-state index contributed by atoms with van der Waals surface area (Å²) >= 11 is 6.11. The summed E-state index contributed by atoms with van der Waals surface area (Å²) in [5, 5.41) is 2.33. The van der Waals surface area contributed by atoms with E-state index in [0.29, 0.717) is 27.4 Å². The zero-order valence-electron chi connectivity index (χ0n) is 19.4. The first kappa shape index (κ1) is 22.1. The third-order valence-corrected chi connectivity index (χ3v) is 6.57. The highest BCUT2D eigenvalue weighted by Crippen LogP contribution is 2.25. The van der Waals surface area contributed by atoms with Crippen LogP contribution in [-0.2, 0) is 6.54 Å². The van der Waals surface area contributed by atoms with E-state index >= 15 is 0 Å². The molecule has 6 rings (SSSR count). The number of rotatable bonds is 5. The lowest BCUT2D eigenvalue weighted by atomic mass is 10.1. The molecule has 0 N–H and O–H groups in total. The summed E-state index contributed by atoms with van der Waals surface area (Å²) in [6.45, 7) is 0.777. The first-order chi connectivity index (χ1) is 17.7. The van der Waals surface area contributed by atoms with E-state index in [9.17, 15) is 4.79 Å². The second-order valence-electron chi connectivity index (χ2n) is 8.65. The summed E-state index contributed by atoms with van der Waals surface area (Å²) in [6, 6.07) is 33.4. The lowest BCUT2D eigenvalue weighted by molar-refractivity contribution is 0.836. The zero-order valence-corrected chi connectivity index (χ0v) is 20.1. The predicted octanol–water partition coefficient (Wildman–Crippen LogP) is 7.21. The van der Waals surface area contributed by atoms with E-state index in [1.165, 1.54) is 5.56 Å². The van der Waals surface area contributed by atoms with E-state index in [-0.39, 0.29) is 5.56 Å². The molecule has 0 radical (unpaired) electrons. The molecular weight excluding hydrogens is 466 g/mol. The maximum absolute atomic E-state index is 13.5. The molecule has 174 valence electrons. The molecule has 2 aromatic heterocycles. The third kappa shape index (κ3) is 4.12. The van der Waals surface area contributed by atoms with Crippen molar-refractivity contribution in [3.63, 3.8) is 0 Å². The summed E-state index contributed by atoms with van der Waals surface area (Å²) in [7, 11) is 0. The molecule has 4 aromatic carbocycles.